The number of hydrogen-bond acceptors (Lipinski definition) is 3. The van der Waals surface area contributed by atoms with Gasteiger partial charge in [0.05, 0.1) is 6.61 Å². The van der Waals surface area contributed by atoms with Gasteiger partial charge in [0.25, 0.3) is 0 Å². The first kappa shape index (κ1) is 11.0. The van der Waals surface area contributed by atoms with E-state index >= 15 is 0 Å². The quantitative estimate of drug-likeness (QED) is 0.792. The standard InChI is InChI=1S/C11H11F2NO2/c12-11(13)16-7-9-6-15-10(14-9)8-4-2-1-3-5-8/h2,4-6,11H,1,3,7H2. The number of nitrogens with zero attached hydrogens (tertiary/aromatic N) is 1. The van der Waals surface area contributed by atoms with E-state index in [1.165, 1.54) is 6.26 Å². The first-order valence-corrected chi connectivity index (χ1v) is 4.97. The van der Waals surface area contributed by atoms with Crippen molar-refractivity contribution in [1.29, 1.82) is 0 Å². The van der Waals surface area contributed by atoms with Crippen LogP contribution in [0, 0.1) is 0 Å². The molecule has 0 N–H and O–H groups in total. The van der Waals surface area contributed by atoms with Crippen LogP contribution >= 0.6 is 0 Å². The van der Waals surface area contributed by atoms with Crippen LogP contribution < -0.4 is 0 Å². The Morgan fingerprint density at radius 3 is 3.00 bits per heavy atom. The fraction of sp³-hybridized carbons (Fsp3) is 0.364. The fourth-order valence-electron chi connectivity index (χ4n) is 1.43. The van der Waals surface area contributed by atoms with Gasteiger partial charge in [0, 0.05) is 5.57 Å². The van der Waals surface area contributed by atoms with E-state index in [4.69, 9.17) is 4.42 Å². The summed E-state index contributed by atoms with van der Waals surface area (Å²) < 4.78 is 32.9. The minimum absolute atomic E-state index is 0.238. The van der Waals surface area contributed by atoms with Crippen LogP contribution in [0.4, 0.5) is 8.78 Å². The molecule has 86 valence electrons. The molecule has 5 heteroatoms. The van der Waals surface area contributed by atoms with Crippen molar-refractivity contribution in [3.05, 3.63) is 36.1 Å². The van der Waals surface area contributed by atoms with Crippen LogP contribution in [-0.4, -0.2) is 11.6 Å². The van der Waals surface area contributed by atoms with Crippen molar-refractivity contribution < 1.29 is 17.9 Å². The zero-order valence-electron chi connectivity index (χ0n) is 8.53. The number of oxazole rings is 1. The Kier molecular flexibility index (Phi) is 3.46. The van der Waals surface area contributed by atoms with Gasteiger partial charge in [-0.1, -0.05) is 18.2 Å². The Morgan fingerprint density at radius 2 is 2.31 bits per heavy atom. The molecule has 1 aromatic heterocycles. The number of rotatable bonds is 4. The first-order chi connectivity index (χ1) is 7.75. The highest BCUT2D eigenvalue weighted by molar-refractivity contribution is 5.69. The van der Waals surface area contributed by atoms with E-state index in [9.17, 15) is 8.78 Å². The van der Waals surface area contributed by atoms with E-state index < -0.39 is 6.61 Å². The van der Waals surface area contributed by atoms with Gasteiger partial charge in [0.2, 0.25) is 5.89 Å². The van der Waals surface area contributed by atoms with Crippen molar-refractivity contribution in [1.82, 2.24) is 4.98 Å². The van der Waals surface area contributed by atoms with Crippen LogP contribution in [0.5, 0.6) is 0 Å². The molecule has 0 atom stereocenters. The molecule has 1 aliphatic carbocycles. The van der Waals surface area contributed by atoms with Crippen LogP contribution in [-0.2, 0) is 11.3 Å². The Balaban J connectivity index is 2.02. The SMILES string of the molecule is FC(F)OCc1coc(C2=CCCC=C2)n1. The molecule has 0 aromatic carbocycles. The topological polar surface area (TPSA) is 35.3 Å². The lowest BCUT2D eigenvalue weighted by atomic mass is 10.1. The van der Waals surface area contributed by atoms with E-state index in [2.05, 4.69) is 9.72 Å². The van der Waals surface area contributed by atoms with Gasteiger partial charge >= 0.3 is 6.61 Å². The second-order valence-electron chi connectivity index (χ2n) is 3.35. The second kappa shape index (κ2) is 5.03. The van der Waals surface area contributed by atoms with Gasteiger partial charge in [-0.05, 0) is 12.8 Å². The smallest absolute Gasteiger partial charge is 0.345 e. The molecule has 0 spiro atoms. The van der Waals surface area contributed by atoms with E-state index in [-0.39, 0.29) is 6.61 Å². The first-order valence-electron chi connectivity index (χ1n) is 4.97. The second-order valence-corrected chi connectivity index (χ2v) is 3.35. The lowest BCUT2D eigenvalue weighted by Crippen LogP contribution is -1.99. The summed E-state index contributed by atoms with van der Waals surface area (Å²) >= 11 is 0. The highest BCUT2D eigenvalue weighted by Crippen LogP contribution is 2.20. The van der Waals surface area contributed by atoms with Crippen LogP contribution in [0.2, 0.25) is 0 Å². The molecule has 0 unspecified atom stereocenters. The van der Waals surface area contributed by atoms with E-state index in [0.717, 1.165) is 18.4 Å². The molecule has 0 radical (unpaired) electrons. The largest absolute Gasteiger partial charge is 0.444 e. The summed E-state index contributed by atoms with van der Waals surface area (Å²) in [5.74, 6) is 0.448. The van der Waals surface area contributed by atoms with Gasteiger partial charge < -0.3 is 9.15 Å². The lowest BCUT2D eigenvalue weighted by Gasteiger charge is -2.01. The molecule has 1 aromatic rings. The number of hydrogen-bond donors (Lipinski definition) is 0. The molecule has 1 aliphatic rings. The van der Waals surface area contributed by atoms with Crippen molar-refractivity contribution in [2.75, 3.05) is 0 Å². The van der Waals surface area contributed by atoms with Crippen LogP contribution in [0.3, 0.4) is 0 Å². The molecule has 0 amide bonds. The molecular weight excluding hydrogens is 216 g/mol. The van der Waals surface area contributed by atoms with Crippen LogP contribution in [0.15, 0.2) is 28.9 Å². The van der Waals surface area contributed by atoms with Gasteiger partial charge in [0.15, 0.2) is 0 Å². The van der Waals surface area contributed by atoms with Crippen LogP contribution in [0.1, 0.15) is 24.4 Å². The summed E-state index contributed by atoms with van der Waals surface area (Å²) in [5, 5.41) is 0. The van der Waals surface area contributed by atoms with Gasteiger partial charge in [-0.25, -0.2) is 4.98 Å². The Hall–Kier alpha value is -1.49. The molecule has 16 heavy (non-hydrogen) atoms. The van der Waals surface area contributed by atoms with Gasteiger partial charge in [-0.3, -0.25) is 0 Å². The molecule has 0 bridgehead atoms. The maximum absolute atomic E-state index is 11.8. The third kappa shape index (κ3) is 2.76. The summed E-state index contributed by atoms with van der Waals surface area (Å²) in [6, 6.07) is 0. The number of halogens is 2. The van der Waals surface area contributed by atoms with Crippen molar-refractivity contribution in [2.24, 2.45) is 0 Å². The fourth-order valence-corrected chi connectivity index (χ4v) is 1.43. The Morgan fingerprint density at radius 1 is 1.44 bits per heavy atom. The molecule has 0 saturated carbocycles. The number of aromatic nitrogens is 1. The van der Waals surface area contributed by atoms with E-state index in [1.54, 1.807) is 0 Å². The van der Waals surface area contributed by atoms with Crippen molar-refractivity contribution in [3.63, 3.8) is 0 Å². The van der Waals surface area contributed by atoms with Gasteiger partial charge in [-0.15, -0.1) is 0 Å². The minimum atomic E-state index is -2.78. The maximum atomic E-state index is 11.8. The van der Waals surface area contributed by atoms with Crippen molar-refractivity contribution in [3.8, 4) is 0 Å². The predicted octanol–water partition coefficient (Wildman–Crippen LogP) is 3.15. The zero-order valence-corrected chi connectivity index (χ0v) is 8.53. The van der Waals surface area contributed by atoms with Gasteiger partial charge in [0.1, 0.15) is 12.0 Å². The average Bonchev–Trinajstić information content (AvgIpc) is 2.76. The molecule has 1 heterocycles. The average molecular weight is 227 g/mol. The monoisotopic (exact) mass is 227 g/mol. The van der Waals surface area contributed by atoms with E-state index in [1.807, 2.05) is 18.2 Å². The molecule has 0 aliphatic heterocycles. The summed E-state index contributed by atoms with van der Waals surface area (Å²) in [7, 11) is 0. The third-order valence-corrected chi connectivity index (χ3v) is 2.15. The molecule has 0 saturated heterocycles. The highest BCUT2D eigenvalue weighted by atomic mass is 19.3. The molecule has 3 nitrogen and oxygen atoms in total. The third-order valence-electron chi connectivity index (χ3n) is 2.15. The van der Waals surface area contributed by atoms with E-state index in [0.29, 0.717) is 11.6 Å². The Bertz CT molecular complexity index is 410. The zero-order chi connectivity index (χ0) is 11.4. The van der Waals surface area contributed by atoms with Crippen molar-refractivity contribution >= 4 is 5.57 Å². The summed E-state index contributed by atoms with van der Waals surface area (Å²) in [5.41, 5.74) is 1.25. The van der Waals surface area contributed by atoms with Crippen molar-refractivity contribution in [2.45, 2.75) is 26.1 Å². The summed E-state index contributed by atoms with van der Waals surface area (Å²) in [6.45, 7) is -3.02. The summed E-state index contributed by atoms with van der Waals surface area (Å²) in [6.07, 6.45) is 9.22. The molecular formula is C11H11F2NO2. The number of allylic oxidation sites excluding steroid dienone is 4. The van der Waals surface area contributed by atoms with Crippen LogP contribution in [0.25, 0.3) is 5.57 Å². The molecule has 0 fully saturated rings. The summed E-state index contributed by atoms with van der Waals surface area (Å²) in [4.78, 5) is 4.06. The maximum Gasteiger partial charge on any atom is 0.345 e. The highest BCUT2D eigenvalue weighted by Gasteiger charge is 2.10. The lowest BCUT2D eigenvalue weighted by molar-refractivity contribution is -0.137. The predicted molar refractivity (Wildman–Crippen MR) is 53.6 cm³/mol. The molecule has 2 rings (SSSR count). The van der Waals surface area contributed by atoms with Gasteiger partial charge in [-0.2, -0.15) is 8.78 Å². The normalized spacial score (nSPS) is 15.6. The number of alkyl halides is 2. The Labute approximate surface area is 91.4 Å². The number of ether oxygens (including phenoxy) is 1. The minimum Gasteiger partial charge on any atom is -0.444 e.